The van der Waals surface area contributed by atoms with Gasteiger partial charge >= 0.3 is 0 Å². The number of rotatable bonds is 4. The highest BCUT2D eigenvalue weighted by Gasteiger charge is 2.22. The molecule has 2 heteroatoms. The van der Waals surface area contributed by atoms with Crippen LogP contribution in [0, 0.1) is 5.41 Å². The molecule has 0 aromatic heterocycles. The second-order valence-electron chi connectivity index (χ2n) is 4.69. The first-order chi connectivity index (χ1) is 5.64. The third-order valence-corrected chi connectivity index (χ3v) is 2.67. The maximum Gasteiger partial charge on any atom is 0.00332 e. The Hall–Kier alpha value is -0.0800. The monoisotopic (exact) mass is 170 g/mol. The summed E-state index contributed by atoms with van der Waals surface area (Å²) < 4.78 is 0. The highest BCUT2D eigenvalue weighted by molar-refractivity contribution is 4.76. The highest BCUT2D eigenvalue weighted by Crippen LogP contribution is 2.23. The topological polar surface area (TPSA) is 29.3 Å². The molecule has 0 aromatic carbocycles. The van der Waals surface area contributed by atoms with Gasteiger partial charge in [-0.1, -0.05) is 13.8 Å². The molecule has 0 saturated carbocycles. The second kappa shape index (κ2) is 4.24. The molecule has 2 N–H and O–H groups in total. The van der Waals surface area contributed by atoms with Crippen LogP contribution in [0.25, 0.3) is 0 Å². The molecular formula is C10H22N2. The summed E-state index contributed by atoms with van der Waals surface area (Å²) in [6, 6.07) is 0. The van der Waals surface area contributed by atoms with E-state index in [2.05, 4.69) is 18.7 Å². The summed E-state index contributed by atoms with van der Waals surface area (Å²) in [7, 11) is 0. The SMILES string of the molecule is CC(C)(CCN)CN1CCCC1. The van der Waals surface area contributed by atoms with Crippen LogP contribution in [-0.4, -0.2) is 31.1 Å². The molecule has 0 bridgehead atoms. The van der Waals surface area contributed by atoms with E-state index in [-0.39, 0.29) is 0 Å². The van der Waals surface area contributed by atoms with E-state index in [1.165, 1.54) is 32.5 Å². The van der Waals surface area contributed by atoms with E-state index in [0.29, 0.717) is 5.41 Å². The first kappa shape index (κ1) is 10.0. The summed E-state index contributed by atoms with van der Waals surface area (Å²) in [5.74, 6) is 0. The molecule has 1 heterocycles. The van der Waals surface area contributed by atoms with Crippen LogP contribution >= 0.6 is 0 Å². The second-order valence-corrected chi connectivity index (χ2v) is 4.69. The van der Waals surface area contributed by atoms with Crippen molar-refractivity contribution >= 4 is 0 Å². The van der Waals surface area contributed by atoms with Crippen LogP contribution in [0.4, 0.5) is 0 Å². The third kappa shape index (κ3) is 3.11. The summed E-state index contributed by atoms with van der Waals surface area (Å²) in [4.78, 5) is 2.57. The van der Waals surface area contributed by atoms with Crippen LogP contribution in [0.3, 0.4) is 0 Å². The van der Waals surface area contributed by atoms with Gasteiger partial charge in [0.25, 0.3) is 0 Å². The number of hydrogen-bond donors (Lipinski definition) is 1. The predicted molar refractivity (Wildman–Crippen MR) is 53.1 cm³/mol. The van der Waals surface area contributed by atoms with E-state index >= 15 is 0 Å². The lowest BCUT2D eigenvalue weighted by Crippen LogP contribution is -2.33. The van der Waals surface area contributed by atoms with Crippen molar-refractivity contribution in [2.24, 2.45) is 11.1 Å². The molecule has 2 nitrogen and oxygen atoms in total. The zero-order chi connectivity index (χ0) is 9.03. The van der Waals surface area contributed by atoms with Crippen molar-refractivity contribution in [2.45, 2.75) is 33.1 Å². The first-order valence-corrected chi connectivity index (χ1v) is 5.06. The molecule has 1 fully saturated rings. The number of nitrogens with two attached hydrogens (primary N) is 1. The first-order valence-electron chi connectivity index (χ1n) is 5.06. The van der Waals surface area contributed by atoms with E-state index in [9.17, 15) is 0 Å². The lowest BCUT2D eigenvalue weighted by Gasteiger charge is -2.29. The Bertz CT molecular complexity index is 126. The third-order valence-electron chi connectivity index (χ3n) is 2.67. The van der Waals surface area contributed by atoms with Gasteiger partial charge < -0.3 is 10.6 Å². The van der Waals surface area contributed by atoms with Crippen LogP contribution < -0.4 is 5.73 Å². The summed E-state index contributed by atoms with van der Waals surface area (Å²) >= 11 is 0. The van der Waals surface area contributed by atoms with Gasteiger partial charge in [-0.05, 0) is 44.3 Å². The van der Waals surface area contributed by atoms with Crippen molar-refractivity contribution in [3.63, 3.8) is 0 Å². The Morgan fingerprint density at radius 3 is 2.33 bits per heavy atom. The van der Waals surface area contributed by atoms with E-state index in [1.54, 1.807) is 0 Å². The van der Waals surface area contributed by atoms with Crippen molar-refractivity contribution in [3.05, 3.63) is 0 Å². The van der Waals surface area contributed by atoms with Gasteiger partial charge in [-0.2, -0.15) is 0 Å². The minimum Gasteiger partial charge on any atom is -0.330 e. The molecule has 1 aliphatic heterocycles. The largest absolute Gasteiger partial charge is 0.330 e. The fourth-order valence-electron chi connectivity index (χ4n) is 2.02. The molecule has 0 atom stereocenters. The van der Waals surface area contributed by atoms with Gasteiger partial charge in [0.05, 0.1) is 0 Å². The van der Waals surface area contributed by atoms with Gasteiger partial charge in [-0.15, -0.1) is 0 Å². The van der Waals surface area contributed by atoms with Crippen molar-refractivity contribution in [1.82, 2.24) is 4.90 Å². The average Bonchev–Trinajstić information content (AvgIpc) is 2.38. The number of likely N-dealkylation sites (tertiary alicyclic amines) is 1. The van der Waals surface area contributed by atoms with Crippen LogP contribution in [0.5, 0.6) is 0 Å². The standard InChI is InChI=1S/C10H22N2/c1-10(2,5-6-11)9-12-7-3-4-8-12/h3-9,11H2,1-2H3. The molecule has 1 aliphatic rings. The van der Waals surface area contributed by atoms with Gasteiger partial charge in [0, 0.05) is 6.54 Å². The molecular weight excluding hydrogens is 148 g/mol. The van der Waals surface area contributed by atoms with Crippen LogP contribution in [0.1, 0.15) is 33.1 Å². The fraction of sp³-hybridized carbons (Fsp3) is 1.00. The van der Waals surface area contributed by atoms with Crippen molar-refractivity contribution in [3.8, 4) is 0 Å². The predicted octanol–water partition coefficient (Wildman–Crippen LogP) is 1.46. The van der Waals surface area contributed by atoms with Gasteiger partial charge in [0.1, 0.15) is 0 Å². The van der Waals surface area contributed by atoms with E-state index in [4.69, 9.17) is 5.73 Å². The van der Waals surface area contributed by atoms with Crippen LogP contribution in [-0.2, 0) is 0 Å². The number of hydrogen-bond acceptors (Lipinski definition) is 2. The summed E-state index contributed by atoms with van der Waals surface area (Å²) in [5, 5.41) is 0. The van der Waals surface area contributed by atoms with Crippen LogP contribution in [0.15, 0.2) is 0 Å². The minimum absolute atomic E-state index is 0.416. The van der Waals surface area contributed by atoms with E-state index in [0.717, 1.165) is 13.0 Å². The zero-order valence-corrected chi connectivity index (χ0v) is 8.47. The lowest BCUT2D eigenvalue weighted by molar-refractivity contribution is 0.200. The van der Waals surface area contributed by atoms with E-state index in [1.807, 2.05) is 0 Å². The molecule has 1 saturated heterocycles. The Labute approximate surface area is 76.1 Å². The van der Waals surface area contributed by atoms with Crippen molar-refractivity contribution in [1.29, 1.82) is 0 Å². The normalized spacial score (nSPS) is 20.2. The molecule has 0 amide bonds. The quantitative estimate of drug-likeness (QED) is 0.692. The summed E-state index contributed by atoms with van der Waals surface area (Å²) in [5.41, 5.74) is 5.99. The van der Waals surface area contributed by atoms with Gasteiger partial charge in [0.2, 0.25) is 0 Å². The Morgan fingerprint density at radius 1 is 1.25 bits per heavy atom. The number of nitrogens with zero attached hydrogens (tertiary/aromatic N) is 1. The Kier molecular flexibility index (Phi) is 3.53. The molecule has 72 valence electrons. The summed E-state index contributed by atoms with van der Waals surface area (Å²) in [6.45, 7) is 9.28. The molecule has 0 aromatic rings. The van der Waals surface area contributed by atoms with E-state index < -0.39 is 0 Å². The molecule has 12 heavy (non-hydrogen) atoms. The average molecular weight is 170 g/mol. The maximum absolute atomic E-state index is 5.57. The molecule has 0 radical (unpaired) electrons. The minimum atomic E-state index is 0.416. The Balaban J connectivity index is 2.27. The Morgan fingerprint density at radius 2 is 1.83 bits per heavy atom. The van der Waals surface area contributed by atoms with Crippen LogP contribution in [0.2, 0.25) is 0 Å². The molecule has 0 spiro atoms. The maximum atomic E-state index is 5.57. The van der Waals surface area contributed by atoms with Gasteiger partial charge in [-0.25, -0.2) is 0 Å². The molecule has 1 rings (SSSR count). The zero-order valence-electron chi connectivity index (χ0n) is 8.47. The van der Waals surface area contributed by atoms with Gasteiger partial charge in [-0.3, -0.25) is 0 Å². The smallest absolute Gasteiger partial charge is 0.00332 e. The van der Waals surface area contributed by atoms with Crippen molar-refractivity contribution < 1.29 is 0 Å². The molecule has 0 unspecified atom stereocenters. The molecule has 0 aliphatic carbocycles. The highest BCUT2D eigenvalue weighted by atomic mass is 15.1. The summed E-state index contributed by atoms with van der Waals surface area (Å²) in [6.07, 6.45) is 3.92. The fourth-order valence-corrected chi connectivity index (χ4v) is 2.02. The van der Waals surface area contributed by atoms with Gasteiger partial charge in [0.15, 0.2) is 0 Å². The van der Waals surface area contributed by atoms with Crippen molar-refractivity contribution in [2.75, 3.05) is 26.2 Å². The lowest BCUT2D eigenvalue weighted by atomic mass is 9.89.